The van der Waals surface area contributed by atoms with E-state index in [9.17, 15) is 14.9 Å². The van der Waals surface area contributed by atoms with Crippen LogP contribution in [0.2, 0.25) is 10.0 Å². The summed E-state index contributed by atoms with van der Waals surface area (Å²) >= 11 is 13.0. The lowest BCUT2D eigenvalue weighted by molar-refractivity contribution is -0.384. The van der Waals surface area contributed by atoms with E-state index in [0.29, 0.717) is 26.4 Å². The second kappa shape index (κ2) is 10.7. The summed E-state index contributed by atoms with van der Waals surface area (Å²) in [5.74, 6) is -0.251. The van der Waals surface area contributed by atoms with Crippen LogP contribution in [0.3, 0.4) is 0 Å². The van der Waals surface area contributed by atoms with E-state index < -0.39 is 10.8 Å². The number of rotatable bonds is 8. The summed E-state index contributed by atoms with van der Waals surface area (Å²) in [4.78, 5) is 31.4. The molecule has 3 rings (SSSR count). The van der Waals surface area contributed by atoms with Gasteiger partial charge in [-0.1, -0.05) is 23.2 Å². The van der Waals surface area contributed by atoms with Crippen molar-refractivity contribution in [3.05, 3.63) is 80.6 Å². The van der Waals surface area contributed by atoms with Crippen molar-refractivity contribution >= 4 is 52.8 Å². The number of carbonyl (C=O) groups is 1. The molecule has 1 heterocycles. The highest BCUT2D eigenvalue weighted by atomic mass is 35.5. The highest BCUT2D eigenvalue weighted by Crippen LogP contribution is 2.29. The molecular formula is C19H13Cl2N5O4S. The number of halogens is 2. The summed E-state index contributed by atoms with van der Waals surface area (Å²) in [5, 5.41) is 16.1. The third kappa shape index (κ3) is 6.64. The van der Waals surface area contributed by atoms with Gasteiger partial charge in [-0.05, 0) is 42.1 Å². The first-order chi connectivity index (χ1) is 14.9. The van der Waals surface area contributed by atoms with Gasteiger partial charge < -0.3 is 4.74 Å². The molecule has 0 bridgehead atoms. The Hall–Kier alpha value is -3.21. The zero-order chi connectivity index (χ0) is 22.2. The van der Waals surface area contributed by atoms with E-state index in [2.05, 4.69) is 20.5 Å². The molecular weight excluding hydrogens is 465 g/mol. The maximum atomic E-state index is 12.0. The smallest absolute Gasteiger partial charge is 0.277 e. The minimum absolute atomic E-state index is 0.119. The maximum Gasteiger partial charge on any atom is 0.277 e. The van der Waals surface area contributed by atoms with Crippen molar-refractivity contribution in [1.82, 2.24) is 15.4 Å². The second-order valence-electron chi connectivity index (χ2n) is 5.77. The van der Waals surface area contributed by atoms with Gasteiger partial charge in [0.1, 0.15) is 5.75 Å². The van der Waals surface area contributed by atoms with Crippen LogP contribution in [0.15, 0.2) is 70.0 Å². The summed E-state index contributed by atoms with van der Waals surface area (Å²) in [5.41, 5.74) is 2.59. The van der Waals surface area contributed by atoms with Crippen LogP contribution in [-0.2, 0) is 4.79 Å². The molecule has 0 radical (unpaired) electrons. The zero-order valence-corrected chi connectivity index (χ0v) is 17.9. The molecule has 1 amide bonds. The monoisotopic (exact) mass is 477 g/mol. The Bertz CT molecular complexity index is 1130. The highest BCUT2D eigenvalue weighted by molar-refractivity contribution is 7.99. The summed E-state index contributed by atoms with van der Waals surface area (Å²) in [6.45, 7) is -0.340. The molecule has 0 saturated carbocycles. The number of hydrogen-bond donors (Lipinski definition) is 1. The van der Waals surface area contributed by atoms with Crippen molar-refractivity contribution in [2.24, 2.45) is 5.10 Å². The maximum absolute atomic E-state index is 12.0. The summed E-state index contributed by atoms with van der Waals surface area (Å²) in [7, 11) is 0. The Labute approximate surface area is 190 Å². The van der Waals surface area contributed by atoms with E-state index in [0.717, 1.165) is 0 Å². The standard InChI is InChI=1S/C19H13Cl2N5O4S/c20-13-2-4-16(15(21)9-13)30-11-18(27)25-24-10-12-8-14(26(28)29)3-5-17(12)31-19-22-6-1-7-23-19/h1-10H,11H2,(H,25,27)/b24-10+. The molecule has 0 saturated heterocycles. The van der Waals surface area contributed by atoms with Gasteiger partial charge in [0.15, 0.2) is 11.8 Å². The summed E-state index contributed by atoms with van der Waals surface area (Å²) < 4.78 is 5.32. The van der Waals surface area contributed by atoms with Gasteiger partial charge in [-0.2, -0.15) is 5.10 Å². The minimum Gasteiger partial charge on any atom is -0.482 e. The number of carbonyl (C=O) groups excluding carboxylic acids is 1. The van der Waals surface area contributed by atoms with Crippen molar-refractivity contribution in [2.75, 3.05) is 6.61 Å². The van der Waals surface area contributed by atoms with E-state index >= 15 is 0 Å². The average Bonchev–Trinajstić information content (AvgIpc) is 2.75. The van der Waals surface area contributed by atoms with E-state index in [4.69, 9.17) is 27.9 Å². The van der Waals surface area contributed by atoms with Gasteiger partial charge in [-0.3, -0.25) is 14.9 Å². The second-order valence-corrected chi connectivity index (χ2v) is 7.62. The lowest BCUT2D eigenvalue weighted by atomic mass is 10.2. The van der Waals surface area contributed by atoms with Crippen LogP contribution in [0.5, 0.6) is 5.75 Å². The number of hydrogen-bond acceptors (Lipinski definition) is 8. The molecule has 0 atom stereocenters. The Morgan fingerprint density at radius 2 is 2.00 bits per heavy atom. The fraction of sp³-hybridized carbons (Fsp3) is 0.0526. The lowest BCUT2D eigenvalue weighted by Crippen LogP contribution is -2.24. The fourth-order valence-corrected chi connectivity index (χ4v) is 3.47. The number of nitro benzene ring substituents is 1. The number of amides is 1. The van der Waals surface area contributed by atoms with Crippen molar-refractivity contribution in [2.45, 2.75) is 10.1 Å². The lowest BCUT2D eigenvalue weighted by Gasteiger charge is -2.07. The molecule has 1 N–H and O–H groups in total. The molecule has 0 fully saturated rings. The molecule has 1 aromatic heterocycles. The normalized spacial score (nSPS) is 10.8. The van der Waals surface area contributed by atoms with Gasteiger partial charge in [-0.15, -0.1) is 0 Å². The van der Waals surface area contributed by atoms with Gasteiger partial charge in [-0.25, -0.2) is 15.4 Å². The quantitative estimate of drug-likeness (QED) is 0.221. The van der Waals surface area contributed by atoms with Gasteiger partial charge in [0, 0.05) is 40.0 Å². The Kier molecular flexibility index (Phi) is 7.76. The molecule has 158 valence electrons. The summed E-state index contributed by atoms with van der Waals surface area (Å²) in [6.07, 6.45) is 4.47. The fourth-order valence-electron chi connectivity index (χ4n) is 2.22. The van der Waals surface area contributed by atoms with Crippen LogP contribution in [-0.4, -0.2) is 33.6 Å². The number of non-ortho nitro benzene ring substituents is 1. The predicted molar refractivity (Wildman–Crippen MR) is 117 cm³/mol. The predicted octanol–water partition coefficient (Wildman–Crippen LogP) is 4.37. The van der Waals surface area contributed by atoms with Crippen LogP contribution in [0.4, 0.5) is 5.69 Å². The summed E-state index contributed by atoms with van der Waals surface area (Å²) in [6, 6.07) is 10.6. The molecule has 0 unspecified atom stereocenters. The molecule has 0 aliphatic carbocycles. The zero-order valence-electron chi connectivity index (χ0n) is 15.6. The first kappa shape index (κ1) is 22.5. The average molecular weight is 478 g/mol. The SMILES string of the molecule is O=C(COc1ccc(Cl)cc1Cl)N/N=C/c1cc([N+](=O)[O-])ccc1Sc1ncccn1. The number of nitrogens with one attached hydrogen (secondary N) is 1. The van der Waals surface area contributed by atoms with Gasteiger partial charge in [0.25, 0.3) is 11.6 Å². The minimum atomic E-state index is -0.548. The van der Waals surface area contributed by atoms with E-state index in [1.165, 1.54) is 36.2 Å². The number of aromatic nitrogens is 2. The molecule has 0 spiro atoms. The van der Waals surface area contributed by atoms with E-state index in [1.54, 1.807) is 36.7 Å². The Morgan fingerprint density at radius 1 is 1.23 bits per heavy atom. The Morgan fingerprint density at radius 3 is 2.71 bits per heavy atom. The highest BCUT2D eigenvalue weighted by Gasteiger charge is 2.12. The van der Waals surface area contributed by atoms with Crippen LogP contribution in [0, 0.1) is 10.1 Å². The van der Waals surface area contributed by atoms with Crippen LogP contribution < -0.4 is 10.2 Å². The molecule has 9 nitrogen and oxygen atoms in total. The third-order valence-corrected chi connectivity index (χ3v) is 5.11. The third-order valence-electron chi connectivity index (χ3n) is 3.59. The van der Waals surface area contributed by atoms with Crippen LogP contribution in [0.25, 0.3) is 0 Å². The molecule has 3 aromatic rings. The molecule has 31 heavy (non-hydrogen) atoms. The molecule has 2 aromatic carbocycles. The van der Waals surface area contributed by atoms with Crippen molar-refractivity contribution < 1.29 is 14.5 Å². The van der Waals surface area contributed by atoms with Gasteiger partial charge in [0.05, 0.1) is 16.2 Å². The number of hydrazone groups is 1. The van der Waals surface area contributed by atoms with Crippen molar-refractivity contribution in [3.63, 3.8) is 0 Å². The first-order valence-corrected chi connectivity index (χ1v) is 10.1. The van der Waals surface area contributed by atoms with Crippen molar-refractivity contribution in [1.29, 1.82) is 0 Å². The number of nitrogens with zero attached hydrogens (tertiary/aromatic N) is 4. The van der Waals surface area contributed by atoms with E-state index in [-0.39, 0.29) is 17.3 Å². The van der Waals surface area contributed by atoms with Crippen molar-refractivity contribution in [3.8, 4) is 5.75 Å². The van der Waals surface area contributed by atoms with E-state index in [1.807, 2.05) is 0 Å². The number of ether oxygens (including phenoxy) is 1. The number of benzene rings is 2. The largest absolute Gasteiger partial charge is 0.482 e. The van der Waals surface area contributed by atoms with Crippen LogP contribution >= 0.6 is 35.0 Å². The van der Waals surface area contributed by atoms with Gasteiger partial charge in [0.2, 0.25) is 0 Å². The molecule has 0 aliphatic rings. The first-order valence-electron chi connectivity index (χ1n) is 8.55. The van der Waals surface area contributed by atoms with Gasteiger partial charge >= 0.3 is 0 Å². The van der Waals surface area contributed by atoms with Crippen LogP contribution in [0.1, 0.15) is 5.56 Å². The number of nitro groups is 1. The molecule has 0 aliphatic heterocycles. The topological polar surface area (TPSA) is 120 Å². The Balaban J connectivity index is 1.67. The molecule has 12 heteroatoms.